The van der Waals surface area contributed by atoms with Gasteiger partial charge in [0.15, 0.2) is 0 Å². The van der Waals surface area contributed by atoms with Crippen LogP contribution in [0.15, 0.2) is 48.5 Å². The van der Waals surface area contributed by atoms with E-state index in [1.54, 1.807) is 40.8 Å². The third-order valence-corrected chi connectivity index (χ3v) is 5.18. The molecule has 0 spiro atoms. The molecule has 3 aromatic rings. The van der Waals surface area contributed by atoms with Gasteiger partial charge in [-0.2, -0.15) is 0 Å². The first-order valence-electron chi connectivity index (χ1n) is 9.33. The van der Waals surface area contributed by atoms with Crippen molar-refractivity contribution >= 4 is 23.4 Å². The number of aromatic nitrogens is 3. The molecule has 2 aromatic carbocycles. The normalized spacial score (nSPS) is 13.1. The maximum atomic E-state index is 12.5. The predicted molar refractivity (Wildman–Crippen MR) is 109 cm³/mol. The van der Waals surface area contributed by atoms with Gasteiger partial charge in [-0.3, -0.25) is 9.59 Å². The zero-order valence-electron chi connectivity index (χ0n) is 15.9. The topological polar surface area (TPSA) is 80.1 Å². The van der Waals surface area contributed by atoms with Crippen molar-refractivity contribution in [3.63, 3.8) is 0 Å². The van der Waals surface area contributed by atoms with E-state index < -0.39 is 5.91 Å². The Balaban J connectivity index is 1.38. The van der Waals surface area contributed by atoms with Crippen LogP contribution >= 0.6 is 11.6 Å². The zero-order chi connectivity index (χ0) is 20.4. The highest BCUT2D eigenvalue weighted by Gasteiger charge is 2.22. The summed E-state index contributed by atoms with van der Waals surface area (Å²) in [4.78, 5) is 30.9. The molecule has 0 unspecified atom stereocenters. The molecule has 1 aromatic heterocycles. The molecule has 8 heteroatoms. The van der Waals surface area contributed by atoms with Crippen LogP contribution in [0.4, 0.5) is 0 Å². The summed E-state index contributed by atoms with van der Waals surface area (Å²) >= 11 is 5.91. The number of halogens is 1. The Kier molecular flexibility index (Phi) is 5.31. The Morgan fingerprint density at radius 2 is 1.83 bits per heavy atom. The number of amides is 2. The second kappa shape index (κ2) is 8.05. The molecule has 0 aliphatic carbocycles. The summed E-state index contributed by atoms with van der Waals surface area (Å²) in [5, 5.41) is 7.50. The van der Waals surface area contributed by atoms with Crippen LogP contribution in [0.25, 0.3) is 5.69 Å². The molecule has 2 heterocycles. The molecular formula is C21H20ClN5O2. The zero-order valence-corrected chi connectivity index (χ0v) is 16.7. The Labute approximate surface area is 173 Å². The average Bonchev–Trinajstić information content (AvgIpc) is 3.13. The number of carbonyl (C=O) groups excluding carboxylic acids is 2. The number of carbonyl (C=O) groups is 2. The smallest absolute Gasteiger partial charge is 0.291 e. The van der Waals surface area contributed by atoms with Crippen molar-refractivity contribution in [1.29, 1.82) is 0 Å². The molecule has 0 atom stereocenters. The van der Waals surface area contributed by atoms with Crippen LogP contribution in [0.5, 0.6) is 0 Å². The fourth-order valence-corrected chi connectivity index (χ4v) is 3.49. The van der Waals surface area contributed by atoms with Crippen LogP contribution in [-0.2, 0) is 17.8 Å². The molecule has 1 N–H and O–H groups in total. The minimum absolute atomic E-state index is 0.0224. The number of hydrogen-bond donors (Lipinski definition) is 1. The molecule has 148 valence electrons. The lowest BCUT2D eigenvalue weighted by molar-refractivity contribution is -0.131. The highest BCUT2D eigenvalue weighted by molar-refractivity contribution is 6.30. The number of aryl methyl sites for hydroxylation is 1. The van der Waals surface area contributed by atoms with E-state index in [0.29, 0.717) is 23.9 Å². The molecule has 2 amide bonds. The lowest BCUT2D eigenvalue weighted by atomic mass is 10.00. The van der Waals surface area contributed by atoms with Gasteiger partial charge < -0.3 is 10.2 Å². The van der Waals surface area contributed by atoms with E-state index in [9.17, 15) is 9.59 Å². The first-order chi connectivity index (χ1) is 14.0. The number of hydrogen-bond acceptors (Lipinski definition) is 4. The molecule has 0 fully saturated rings. The van der Waals surface area contributed by atoms with Gasteiger partial charge in [0.2, 0.25) is 11.7 Å². The number of fused-ring (bicyclic) bond motifs is 1. The lowest BCUT2D eigenvalue weighted by Gasteiger charge is -2.28. The molecule has 7 nitrogen and oxygen atoms in total. The molecule has 0 bridgehead atoms. The maximum absolute atomic E-state index is 12.5. The minimum Gasteiger partial charge on any atom is -0.340 e. The third-order valence-electron chi connectivity index (χ3n) is 4.93. The SMILES string of the molecule is Cc1nc(C(=O)NCC(=O)N2CCc3ccccc3C2)nn1-c1ccc(Cl)cc1. The lowest BCUT2D eigenvalue weighted by Crippen LogP contribution is -2.42. The van der Waals surface area contributed by atoms with Gasteiger partial charge in [-0.15, -0.1) is 5.10 Å². The number of benzene rings is 2. The Morgan fingerprint density at radius 3 is 2.59 bits per heavy atom. The predicted octanol–water partition coefficient (Wildman–Crippen LogP) is 2.54. The van der Waals surface area contributed by atoms with Crippen molar-refractivity contribution < 1.29 is 9.59 Å². The van der Waals surface area contributed by atoms with E-state index in [-0.39, 0.29) is 18.3 Å². The van der Waals surface area contributed by atoms with Gasteiger partial charge in [0.1, 0.15) is 5.82 Å². The van der Waals surface area contributed by atoms with Crippen molar-refractivity contribution in [3.05, 3.63) is 76.3 Å². The molecule has 4 rings (SSSR count). The number of nitrogens with zero attached hydrogens (tertiary/aromatic N) is 4. The van der Waals surface area contributed by atoms with Crippen molar-refractivity contribution in [2.45, 2.75) is 19.9 Å². The van der Waals surface area contributed by atoms with Crippen molar-refractivity contribution in [3.8, 4) is 5.69 Å². The van der Waals surface area contributed by atoms with Gasteiger partial charge in [0.25, 0.3) is 5.91 Å². The fourth-order valence-electron chi connectivity index (χ4n) is 3.37. The highest BCUT2D eigenvalue weighted by Crippen LogP contribution is 2.18. The van der Waals surface area contributed by atoms with Gasteiger partial charge >= 0.3 is 0 Å². The van der Waals surface area contributed by atoms with Gasteiger partial charge in [-0.1, -0.05) is 35.9 Å². The standard InChI is InChI=1S/C21H20ClN5O2/c1-14-24-20(25-27(14)18-8-6-17(22)7-9-18)21(29)23-12-19(28)26-11-10-15-4-2-3-5-16(15)13-26/h2-9H,10-13H2,1H3,(H,23,29). The Bertz CT molecular complexity index is 1060. The summed E-state index contributed by atoms with van der Waals surface area (Å²) in [7, 11) is 0. The second-order valence-electron chi connectivity index (χ2n) is 6.89. The average molecular weight is 410 g/mol. The summed E-state index contributed by atoms with van der Waals surface area (Å²) in [5.74, 6) is -0.0149. The van der Waals surface area contributed by atoms with Crippen LogP contribution in [-0.4, -0.2) is 44.6 Å². The summed E-state index contributed by atoms with van der Waals surface area (Å²) in [6, 6.07) is 15.2. The molecule has 1 aliphatic heterocycles. The van der Waals surface area contributed by atoms with Gasteiger partial charge in [0, 0.05) is 18.1 Å². The van der Waals surface area contributed by atoms with E-state index in [1.165, 1.54) is 5.56 Å². The third kappa shape index (κ3) is 4.14. The quantitative estimate of drug-likeness (QED) is 0.718. The summed E-state index contributed by atoms with van der Waals surface area (Å²) < 4.78 is 1.56. The first-order valence-corrected chi connectivity index (χ1v) is 9.71. The van der Waals surface area contributed by atoms with E-state index in [0.717, 1.165) is 17.7 Å². The molecule has 0 saturated heterocycles. The van der Waals surface area contributed by atoms with Gasteiger partial charge in [0.05, 0.1) is 12.2 Å². The maximum Gasteiger partial charge on any atom is 0.291 e. The molecule has 1 aliphatic rings. The number of rotatable bonds is 4. The second-order valence-corrected chi connectivity index (χ2v) is 7.32. The van der Waals surface area contributed by atoms with E-state index in [1.807, 2.05) is 18.2 Å². The summed E-state index contributed by atoms with van der Waals surface area (Å²) in [6.45, 7) is 2.88. The number of nitrogens with one attached hydrogen (secondary N) is 1. The minimum atomic E-state index is -0.480. The van der Waals surface area contributed by atoms with Crippen molar-refractivity contribution in [1.82, 2.24) is 25.0 Å². The Hall–Kier alpha value is -3.19. The van der Waals surface area contributed by atoms with Crippen LogP contribution in [0.3, 0.4) is 0 Å². The fraction of sp³-hybridized carbons (Fsp3) is 0.238. The van der Waals surface area contributed by atoms with Crippen LogP contribution in [0.2, 0.25) is 5.02 Å². The van der Waals surface area contributed by atoms with Crippen molar-refractivity contribution in [2.24, 2.45) is 0 Å². The van der Waals surface area contributed by atoms with Crippen LogP contribution in [0, 0.1) is 6.92 Å². The van der Waals surface area contributed by atoms with Crippen LogP contribution in [0.1, 0.15) is 27.6 Å². The monoisotopic (exact) mass is 409 g/mol. The molecule has 0 saturated carbocycles. The van der Waals surface area contributed by atoms with Gasteiger partial charge in [-0.25, -0.2) is 9.67 Å². The van der Waals surface area contributed by atoms with Crippen LogP contribution < -0.4 is 5.32 Å². The first kappa shape index (κ1) is 19.1. The van der Waals surface area contributed by atoms with E-state index in [2.05, 4.69) is 21.5 Å². The van der Waals surface area contributed by atoms with E-state index >= 15 is 0 Å². The highest BCUT2D eigenvalue weighted by atomic mass is 35.5. The largest absolute Gasteiger partial charge is 0.340 e. The Morgan fingerprint density at radius 1 is 1.10 bits per heavy atom. The molecule has 0 radical (unpaired) electrons. The molecular weight excluding hydrogens is 390 g/mol. The van der Waals surface area contributed by atoms with E-state index in [4.69, 9.17) is 11.6 Å². The van der Waals surface area contributed by atoms with Gasteiger partial charge in [-0.05, 0) is 48.7 Å². The summed E-state index contributed by atoms with van der Waals surface area (Å²) in [5.41, 5.74) is 3.17. The summed E-state index contributed by atoms with van der Waals surface area (Å²) in [6.07, 6.45) is 0.822. The van der Waals surface area contributed by atoms with Crippen molar-refractivity contribution in [2.75, 3.05) is 13.1 Å². The molecule has 29 heavy (non-hydrogen) atoms.